The van der Waals surface area contributed by atoms with Gasteiger partial charge in [0.1, 0.15) is 23.8 Å². The minimum atomic E-state index is -0.694. The number of nitro groups is 1. The standard InChI is InChI=1S/C15H15N3O6S.ClH/c1-23-10-7-25-14-11(16)13(19)17(14)12(10)15(20)24-6-8-2-4-9(5-3-8)18(21)22;/h2-5,11,14H,6-7,16H2,1H3;1H/t11?,14-;/m0./s1. The zero-order chi connectivity index (χ0) is 18.1. The quantitative estimate of drug-likeness (QED) is 0.337. The van der Waals surface area contributed by atoms with E-state index in [4.69, 9.17) is 15.2 Å². The van der Waals surface area contributed by atoms with Gasteiger partial charge in [0.25, 0.3) is 5.69 Å². The molecule has 1 amide bonds. The van der Waals surface area contributed by atoms with Crippen molar-refractivity contribution in [2.75, 3.05) is 12.9 Å². The van der Waals surface area contributed by atoms with Gasteiger partial charge in [-0.15, -0.1) is 24.2 Å². The van der Waals surface area contributed by atoms with Gasteiger partial charge in [0.05, 0.1) is 17.8 Å². The Hall–Kier alpha value is -2.30. The maximum Gasteiger partial charge on any atom is 0.358 e. The summed E-state index contributed by atoms with van der Waals surface area (Å²) in [5.41, 5.74) is 6.36. The lowest BCUT2D eigenvalue weighted by Gasteiger charge is -2.47. The molecule has 2 heterocycles. The summed E-state index contributed by atoms with van der Waals surface area (Å²) >= 11 is 1.42. The summed E-state index contributed by atoms with van der Waals surface area (Å²) < 4.78 is 10.4. The summed E-state index contributed by atoms with van der Waals surface area (Å²) in [6.45, 7) is -0.0801. The van der Waals surface area contributed by atoms with Crippen LogP contribution >= 0.6 is 24.2 Å². The Balaban J connectivity index is 0.00000243. The van der Waals surface area contributed by atoms with Crippen LogP contribution in [0.5, 0.6) is 0 Å². The normalized spacial score (nSPS) is 21.3. The van der Waals surface area contributed by atoms with Crippen LogP contribution in [0.15, 0.2) is 35.7 Å². The maximum atomic E-state index is 12.4. The second-order valence-corrected chi connectivity index (χ2v) is 6.52. The van der Waals surface area contributed by atoms with E-state index < -0.39 is 16.9 Å². The number of amides is 1. The molecule has 0 radical (unpaired) electrons. The molecule has 2 N–H and O–H groups in total. The highest BCUT2D eigenvalue weighted by atomic mass is 35.5. The molecule has 0 bridgehead atoms. The van der Waals surface area contributed by atoms with E-state index in [1.54, 1.807) is 0 Å². The van der Waals surface area contributed by atoms with Crippen molar-refractivity contribution in [3.8, 4) is 0 Å². The lowest BCUT2D eigenvalue weighted by Crippen LogP contribution is -2.68. The SMILES string of the molecule is COC1=C(C(=O)OCc2ccc([N+](=O)[O-])cc2)N2C(=O)C(N)[C@@H]2SC1.Cl. The van der Waals surface area contributed by atoms with Gasteiger partial charge in [0.15, 0.2) is 5.70 Å². The third-order valence-electron chi connectivity index (χ3n) is 3.93. The fourth-order valence-electron chi connectivity index (χ4n) is 2.56. The highest BCUT2D eigenvalue weighted by Crippen LogP contribution is 2.39. The number of carbonyl (C=O) groups excluding carboxylic acids is 2. The van der Waals surface area contributed by atoms with Gasteiger partial charge in [-0.05, 0) is 17.7 Å². The number of hydrogen-bond donors (Lipinski definition) is 1. The summed E-state index contributed by atoms with van der Waals surface area (Å²) in [7, 11) is 1.42. The van der Waals surface area contributed by atoms with Crippen molar-refractivity contribution in [3.63, 3.8) is 0 Å². The Morgan fingerprint density at radius 3 is 2.65 bits per heavy atom. The summed E-state index contributed by atoms with van der Waals surface area (Å²) in [5, 5.41) is 10.3. The number of β-lactam (4-membered cyclic amide) rings is 1. The van der Waals surface area contributed by atoms with Crippen LogP contribution in [-0.2, 0) is 25.7 Å². The number of methoxy groups -OCH3 is 1. The molecule has 26 heavy (non-hydrogen) atoms. The predicted octanol–water partition coefficient (Wildman–Crippen LogP) is 1.16. The van der Waals surface area contributed by atoms with Crippen molar-refractivity contribution < 1.29 is 24.0 Å². The van der Waals surface area contributed by atoms with E-state index in [0.717, 1.165) is 0 Å². The number of thioether (sulfide) groups is 1. The number of nitrogens with zero attached hydrogens (tertiary/aromatic N) is 2. The lowest BCUT2D eigenvalue weighted by molar-refractivity contribution is -0.384. The highest BCUT2D eigenvalue weighted by molar-refractivity contribution is 8.00. The first-order valence-corrected chi connectivity index (χ1v) is 8.36. The van der Waals surface area contributed by atoms with Crippen molar-refractivity contribution in [2.45, 2.75) is 18.0 Å². The van der Waals surface area contributed by atoms with Gasteiger partial charge in [0, 0.05) is 12.1 Å². The summed E-state index contributed by atoms with van der Waals surface area (Å²) in [4.78, 5) is 35.8. The number of nitrogens with two attached hydrogens (primary N) is 1. The number of ether oxygens (including phenoxy) is 2. The second kappa shape index (κ2) is 7.94. The molecule has 9 nitrogen and oxygen atoms in total. The Labute approximate surface area is 159 Å². The molecule has 1 saturated heterocycles. The average Bonchev–Trinajstić information content (AvgIpc) is 2.64. The molecule has 1 unspecified atom stereocenters. The van der Waals surface area contributed by atoms with E-state index in [-0.39, 0.29) is 41.7 Å². The van der Waals surface area contributed by atoms with Crippen LogP contribution in [0.4, 0.5) is 5.69 Å². The predicted molar refractivity (Wildman–Crippen MR) is 95.2 cm³/mol. The van der Waals surface area contributed by atoms with E-state index >= 15 is 0 Å². The fourth-order valence-corrected chi connectivity index (χ4v) is 3.82. The number of esters is 1. The number of halogens is 1. The van der Waals surface area contributed by atoms with Gasteiger partial charge in [-0.1, -0.05) is 0 Å². The molecular weight excluding hydrogens is 386 g/mol. The Morgan fingerprint density at radius 2 is 2.08 bits per heavy atom. The first kappa shape index (κ1) is 20.0. The molecule has 11 heteroatoms. The van der Waals surface area contributed by atoms with Crippen LogP contribution in [0.3, 0.4) is 0 Å². The second-order valence-electron chi connectivity index (χ2n) is 5.41. The summed E-state index contributed by atoms with van der Waals surface area (Å²) in [5.74, 6) is -0.273. The van der Waals surface area contributed by atoms with Gasteiger partial charge in [0.2, 0.25) is 5.91 Å². The molecular formula is C15H16ClN3O6S. The lowest BCUT2D eigenvalue weighted by atomic mass is 10.1. The zero-order valence-corrected chi connectivity index (χ0v) is 15.2. The molecule has 2 aliphatic rings. The third-order valence-corrected chi connectivity index (χ3v) is 5.21. The van der Waals surface area contributed by atoms with Crippen molar-refractivity contribution in [1.29, 1.82) is 0 Å². The molecule has 0 aliphatic carbocycles. The Bertz CT molecular complexity index is 769. The third kappa shape index (κ3) is 3.48. The Morgan fingerprint density at radius 1 is 1.42 bits per heavy atom. The van der Waals surface area contributed by atoms with E-state index in [2.05, 4.69) is 0 Å². The molecule has 2 atom stereocenters. The van der Waals surface area contributed by atoms with Crippen molar-refractivity contribution in [2.24, 2.45) is 5.73 Å². The van der Waals surface area contributed by atoms with Crippen LogP contribution in [-0.4, -0.2) is 46.0 Å². The van der Waals surface area contributed by atoms with E-state index in [9.17, 15) is 19.7 Å². The molecule has 140 valence electrons. The molecule has 1 aromatic carbocycles. The van der Waals surface area contributed by atoms with Crippen molar-refractivity contribution in [3.05, 3.63) is 51.4 Å². The van der Waals surface area contributed by atoms with Gasteiger partial charge >= 0.3 is 5.97 Å². The van der Waals surface area contributed by atoms with Gasteiger partial charge in [-0.2, -0.15) is 0 Å². The van der Waals surface area contributed by atoms with E-state index in [1.807, 2.05) is 0 Å². The van der Waals surface area contributed by atoms with Crippen LogP contribution in [0.1, 0.15) is 5.56 Å². The number of fused-ring (bicyclic) bond motifs is 1. The van der Waals surface area contributed by atoms with Crippen LogP contribution in [0.2, 0.25) is 0 Å². The molecule has 1 fully saturated rings. The van der Waals surface area contributed by atoms with Crippen LogP contribution in [0.25, 0.3) is 0 Å². The molecule has 3 rings (SSSR count). The monoisotopic (exact) mass is 401 g/mol. The molecule has 2 aliphatic heterocycles. The number of benzene rings is 1. The van der Waals surface area contributed by atoms with Crippen LogP contribution in [0, 0.1) is 10.1 Å². The Kier molecular flexibility index (Phi) is 6.11. The van der Waals surface area contributed by atoms with Crippen molar-refractivity contribution >= 4 is 41.7 Å². The fraction of sp³-hybridized carbons (Fsp3) is 0.333. The van der Waals surface area contributed by atoms with Gasteiger partial charge < -0.3 is 15.2 Å². The first-order chi connectivity index (χ1) is 11.9. The van der Waals surface area contributed by atoms with Crippen LogP contribution < -0.4 is 5.73 Å². The summed E-state index contributed by atoms with van der Waals surface area (Å²) in [6, 6.07) is 5.02. The number of carbonyl (C=O) groups is 2. The smallest absolute Gasteiger partial charge is 0.358 e. The largest absolute Gasteiger partial charge is 0.498 e. The number of rotatable bonds is 5. The zero-order valence-electron chi connectivity index (χ0n) is 13.6. The number of hydrogen-bond acceptors (Lipinski definition) is 8. The van der Waals surface area contributed by atoms with E-state index in [0.29, 0.717) is 17.1 Å². The topological polar surface area (TPSA) is 125 Å². The van der Waals surface area contributed by atoms with Crippen molar-refractivity contribution in [1.82, 2.24) is 4.90 Å². The molecule has 0 aromatic heterocycles. The molecule has 0 saturated carbocycles. The molecule has 1 aromatic rings. The number of non-ortho nitro benzene ring substituents is 1. The molecule has 0 spiro atoms. The first-order valence-electron chi connectivity index (χ1n) is 7.32. The van der Waals surface area contributed by atoms with Gasteiger partial charge in [-0.25, -0.2) is 4.79 Å². The highest BCUT2D eigenvalue weighted by Gasteiger charge is 2.52. The maximum absolute atomic E-state index is 12.4. The van der Waals surface area contributed by atoms with Gasteiger partial charge in [-0.3, -0.25) is 19.8 Å². The van der Waals surface area contributed by atoms with E-state index in [1.165, 1.54) is 48.0 Å². The number of nitro benzene ring substituents is 1. The minimum absolute atomic E-state index is 0. The average molecular weight is 402 g/mol. The summed E-state index contributed by atoms with van der Waals surface area (Å²) in [6.07, 6.45) is 0. The minimum Gasteiger partial charge on any atom is -0.498 e.